The Morgan fingerprint density at radius 1 is 1.44 bits per heavy atom. The van der Waals surface area contributed by atoms with Crippen LogP contribution in [0.25, 0.3) is 0 Å². The minimum atomic E-state index is 0.303. The highest BCUT2D eigenvalue weighted by Crippen LogP contribution is 2.20. The molecule has 1 unspecified atom stereocenters. The van der Waals surface area contributed by atoms with Gasteiger partial charge in [-0.15, -0.1) is 11.3 Å². The SMILES string of the molecule is CCCNC(COCCC)c1cnc(C)s1. The van der Waals surface area contributed by atoms with Crippen molar-refractivity contribution < 1.29 is 4.74 Å². The highest BCUT2D eigenvalue weighted by atomic mass is 32.1. The molecule has 0 fully saturated rings. The summed E-state index contributed by atoms with van der Waals surface area (Å²) < 4.78 is 5.62. The van der Waals surface area contributed by atoms with Crippen LogP contribution in [0, 0.1) is 6.92 Å². The molecule has 0 aliphatic carbocycles. The van der Waals surface area contributed by atoms with E-state index >= 15 is 0 Å². The summed E-state index contributed by atoms with van der Waals surface area (Å²) in [5.41, 5.74) is 0. The maximum Gasteiger partial charge on any atom is 0.0897 e. The van der Waals surface area contributed by atoms with Crippen molar-refractivity contribution in [1.82, 2.24) is 10.3 Å². The lowest BCUT2D eigenvalue weighted by atomic mass is 10.2. The second-order valence-corrected chi connectivity index (χ2v) is 5.13. The predicted molar refractivity (Wildman–Crippen MR) is 69.0 cm³/mol. The molecule has 16 heavy (non-hydrogen) atoms. The van der Waals surface area contributed by atoms with E-state index in [0.29, 0.717) is 6.04 Å². The van der Waals surface area contributed by atoms with Crippen LogP contribution in [0.15, 0.2) is 6.20 Å². The zero-order valence-electron chi connectivity index (χ0n) is 10.5. The van der Waals surface area contributed by atoms with Gasteiger partial charge in [-0.25, -0.2) is 4.98 Å². The molecule has 1 aromatic heterocycles. The molecule has 3 nitrogen and oxygen atoms in total. The first-order valence-corrected chi connectivity index (χ1v) is 6.83. The molecule has 1 aromatic rings. The lowest BCUT2D eigenvalue weighted by Gasteiger charge is -2.16. The molecule has 92 valence electrons. The fraction of sp³-hybridized carbons (Fsp3) is 0.750. The van der Waals surface area contributed by atoms with E-state index in [-0.39, 0.29) is 0 Å². The average Bonchev–Trinajstić information content (AvgIpc) is 2.70. The number of hydrogen-bond donors (Lipinski definition) is 1. The van der Waals surface area contributed by atoms with E-state index in [1.165, 1.54) is 4.88 Å². The van der Waals surface area contributed by atoms with Crippen LogP contribution in [0.4, 0.5) is 0 Å². The van der Waals surface area contributed by atoms with Gasteiger partial charge in [0.15, 0.2) is 0 Å². The fourth-order valence-electron chi connectivity index (χ4n) is 1.44. The van der Waals surface area contributed by atoms with Crippen molar-refractivity contribution in [2.45, 2.75) is 39.7 Å². The lowest BCUT2D eigenvalue weighted by Crippen LogP contribution is -2.25. The maximum atomic E-state index is 5.62. The fourth-order valence-corrected chi connectivity index (χ4v) is 2.29. The van der Waals surface area contributed by atoms with Crippen molar-refractivity contribution in [2.75, 3.05) is 19.8 Å². The molecule has 0 bridgehead atoms. The van der Waals surface area contributed by atoms with Crippen molar-refractivity contribution in [1.29, 1.82) is 0 Å². The molecule has 0 saturated heterocycles. The first-order chi connectivity index (χ1) is 7.77. The van der Waals surface area contributed by atoms with Gasteiger partial charge in [-0.05, 0) is 26.3 Å². The Kier molecular flexibility index (Phi) is 6.61. The minimum absolute atomic E-state index is 0.303. The Morgan fingerprint density at radius 3 is 2.81 bits per heavy atom. The van der Waals surface area contributed by atoms with Crippen LogP contribution in [0.5, 0.6) is 0 Å². The third-order valence-corrected chi connectivity index (χ3v) is 3.28. The van der Waals surface area contributed by atoms with E-state index in [9.17, 15) is 0 Å². The van der Waals surface area contributed by atoms with Gasteiger partial charge >= 0.3 is 0 Å². The number of aryl methyl sites for hydroxylation is 1. The van der Waals surface area contributed by atoms with E-state index in [1.807, 2.05) is 13.1 Å². The van der Waals surface area contributed by atoms with Crippen molar-refractivity contribution >= 4 is 11.3 Å². The summed E-state index contributed by atoms with van der Waals surface area (Å²) in [6, 6.07) is 0.303. The van der Waals surface area contributed by atoms with E-state index < -0.39 is 0 Å². The van der Waals surface area contributed by atoms with Crippen molar-refractivity contribution in [3.05, 3.63) is 16.1 Å². The molecule has 1 rings (SSSR count). The van der Waals surface area contributed by atoms with Gasteiger partial charge in [-0.1, -0.05) is 13.8 Å². The van der Waals surface area contributed by atoms with Gasteiger partial charge in [0, 0.05) is 17.7 Å². The number of aromatic nitrogens is 1. The van der Waals surface area contributed by atoms with Crippen molar-refractivity contribution in [3.63, 3.8) is 0 Å². The molecule has 1 atom stereocenters. The average molecular weight is 242 g/mol. The Balaban J connectivity index is 2.49. The second kappa shape index (κ2) is 7.76. The molecule has 0 aliphatic rings. The summed E-state index contributed by atoms with van der Waals surface area (Å²) >= 11 is 1.75. The predicted octanol–water partition coefficient (Wildman–Crippen LogP) is 2.92. The van der Waals surface area contributed by atoms with Gasteiger partial charge in [0.2, 0.25) is 0 Å². The number of ether oxygens (including phenoxy) is 1. The topological polar surface area (TPSA) is 34.1 Å². The van der Waals surface area contributed by atoms with Gasteiger partial charge < -0.3 is 10.1 Å². The quantitative estimate of drug-likeness (QED) is 0.712. The maximum absolute atomic E-state index is 5.62. The van der Waals surface area contributed by atoms with Gasteiger partial charge in [0.25, 0.3) is 0 Å². The van der Waals surface area contributed by atoms with E-state index in [4.69, 9.17) is 4.74 Å². The summed E-state index contributed by atoms with van der Waals surface area (Å²) in [6.45, 7) is 8.95. The Morgan fingerprint density at radius 2 is 2.25 bits per heavy atom. The largest absolute Gasteiger partial charge is 0.379 e. The summed E-state index contributed by atoms with van der Waals surface area (Å²) in [4.78, 5) is 5.58. The van der Waals surface area contributed by atoms with Gasteiger partial charge in [0.05, 0.1) is 17.7 Å². The second-order valence-electron chi connectivity index (χ2n) is 3.86. The Bertz CT molecular complexity index is 288. The molecule has 0 spiro atoms. The summed E-state index contributed by atoms with van der Waals surface area (Å²) in [5.74, 6) is 0. The first-order valence-electron chi connectivity index (χ1n) is 6.01. The Labute approximate surface area is 102 Å². The highest BCUT2D eigenvalue weighted by Gasteiger charge is 2.13. The van der Waals surface area contributed by atoms with Crippen LogP contribution in [0.3, 0.4) is 0 Å². The number of hydrogen-bond acceptors (Lipinski definition) is 4. The van der Waals surface area contributed by atoms with Crippen LogP contribution >= 0.6 is 11.3 Å². The molecular formula is C12H22N2OS. The number of nitrogens with zero attached hydrogens (tertiary/aromatic N) is 1. The van der Waals surface area contributed by atoms with Gasteiger partial charge in [-0.3, -0.25) is 0 Å². The van der Waals surface area contributed by atoms with Crippen LogP contribution in [-0.4, -0.2) is 24.7 Å². The van der Waals surface area contributed by atoms with Gasteiger partial charge in [-0.2, -0.15) is 0 Å². The zero-order valence-corrected chi connectivity index (χ0v) is 11.3. The summed E-state index contributed by atoms with van der Waals surface area (Å²) in [6.07, 6.45) is 4.17. The standard InChI is InChI=1S/C12H22N2OS/c1-4-6-13-11(9-15-7-5-2)12-8-14-10(3)16-12/h8,11,13H,4-7,9H2,1-3H3. The third kappa shape index (κ3) is 4.60. The number of thiazole rings is 1. The normalized spacial score (nSPS) is 12.9. The molecule has 0 amide bonds. The van der Waals surface area contributed by atoms with E-state index in [0.717, 1.165) is 37.6 Å². The van der Waals surface area contributed by atoms with Crippen molar-refractivity contribution in [2.24, 2.45) is 0 Å². The minimum Gasteiger partial charge on any atom is -0.379 e. The highest BCUT2D eigenvalue weighted by molar-refractivity contribution is 7.11. The molecular weight excluding hydrogens is 220 g/mol. The van der Waals surface area contributed by atoms with Crippen molar-refractivity contribution in [3.8, 4) is 0 Å². The number of rotatable bonds is 8. The monoisotopic (exact) mass is 242 g/mol. The molecule has 1 N–H and O–H groups in total. The molecule has 0 saturated carbocycles. The van der Waals surface area contributed by atoms with E-state index in [1.54, 1.807) is 11.3 Å². The van der Waals surface area contributed by atoms with Crippen LogP contribution in [0.1, 0.15) is 42.6 Å². The van der Waals surface area contributed by atoms with Crippen LogP contribution in [-0.2, 0) is 4.74 Å². The van der Waals surface area contributed by atoms with Crippen LogP contribution < -0.4 is 5.32 Å². The Hall–Kier alpha value is -0.450. The summed E-state index contributed by atoms with van der Waals surface area (Å²) in [7, 11) is 0. The van der Waals surface area contributed by atoms with Crippen LogP contribution in [0.2, 0.25) is 0 Å². The van der Waals surface area contributed by atoms with Gasteiger partial charge in [0.1, 0.15) is 0 Å². The molecule has 1 heterocycles. The zero-order chi connectivity index (χ0) is 11.8. The molecule has 0 aromatic carbocycles. The molecule has 4 heteroatoms. The first kappa shape index (κ1) is 13.6. The smallest absolute Gasteiger partial charge is 0.0897 e. The summed E-state index contributed by atoms with van der Waals surface area (Å²) in [5, 5.41) is 4.62. The lowest BCUT2D eigenvalue weighted by molar-refractivity contribution is 0.113. The molecule has 0 aliphatic heterocycles. The molecule has 0 radical (unpaired) electrons. The number of nitrogens with one attached hydrogen (secondary N) is 1. The van der Waals surface area contributed by atoms with E-state index in [2.05, 4.69) is 24.1 Å². The third-order valence-electron chi connectivity index (χ3n) is 2.26.